The molecule has 0 saturated heterocycles. The molecule has 0 aliphatic rings. The van der Waals surface area contributed by atoms with E-state index in [1.807, 2.05) is 0 Å². The maximum atomic E-state index is 12.3. The minimum atomic E-state index is -1.00. The van der Waals surface area contributed by atoms with Crippen molar-refractivity contribution in [2.24, 2.45) is 5.10 Å². The summed E-state index contributed by atoms with van der Waals surface area (Å²) in [5.41, 5.74) is 3.20. The van der Waals surface area contributed by atoms with Gasteiger partial charge < -0.3 is 20.1 Å². The van der Waals surface area contributed by atoms with Crippen molar-refractivity contribution in [2.45, 2.75) is 0 Å². The number of rotatable bonds is 10. The van der Waals surface area contributed by atoms with Gasteiger partial charge in [-0.25, -0.2) is 5.43 Å². The van der Waals surface area contributed by atoms with Crippen molar-refractivity contribution in [3.05, 3.63) is 93.9 Å². The highest BCUT2D eigenvalue weighted by molar-refractivity contribution is 6.44. The Bertz CT molecular complexity index is 1360. The van der Waals surface area contributed by atoms with Gasteiger partial charge in [-0.15, -0.1) is 0 Å². The zero-order valence-electron chi connectivity index (χ0n) is 19.7. The van der Waals surface area contributed by atoms with Gasteiger partial charge in [0.2, 0.25) is 0 Å². The number of halogens is 3. The number of nitrogens with zero attached hydrogens (tertiary/aromatic N) is 1. The minimum absolute atomic E-state index is 0.205. The van der Waals surface area contributed by atoms with E-state index in [1.54, 1.807) is 54.6 Å². The van der Waals surface area contributed by atoms with Crippen LogP contribution in [0.25, 0.3) is 0 Å². The molecule has 0 aliphatic carbocycles. The maximum Gasteiger partial charge on any atom is 0.329 e. The maximum absolute atomic E-state index is 12.3. The van der Waals surface area contributed by atoms with Crippen molar-refractivity contribution in [3.63, 3.8) is 0 Å². The number of nitrogens with one attached hydrogen (secondary N) is 3. The summed E-state index contributed by atoms with van der Waals surface area (Å²) in [6, 6.07) is 15.9. The molecule has 38 heavy (non-hydrogen) atoms. The lowest BCUT2D eigenvalue weighted by molar-refractivity contribution is -0.136. The minimum Gasteiger partial charge on any atom is -0.490 e. The van der Waals surface area contributed by atoms with Crippen LogP contribution in [0.3, 0.4) is 0 Å². The summed E-state index contributed by atoms with van der Waals surface area (Å²) in [5, 5.41) is 9.69. The van der Waals surface area contributed by atoms with Crippen molar-refractivity contribution in [1.29, 1.82) is 0 Å². The molecule has 9 nitrogen and oxygen atoms in total. The normalized spacial score (nSPS) is 10.5. The van der Waals surface area contributed by atoms with Gasteiger partial charge >= 0.3 is 11.8 Å². The Hall–Kier alpha value is -4.05. The van der Waals surface area contributed by atoms with Crippen LogP contribution in [0.2, 0.25) is 15.1 Å². The van der Waals surface area contributed by atoms with Gasteiger partial charge in [-0.3, -0.25) is 14.4 Å². The van der Waals surface area contributed by atoms with Gasteiger partial charge in [0.25, 0.3) is 5.91 Å². The number of carbonyl (C=O) groups excluding carboxylic acids is 3. The van der Waals surface area contributed by atoms with Crippen LogP contribution in [-0.4, -0.2) is 37.1 Å². The summed E-state index contributed by atoms with van der Waals surface area (Å²) in [6.45, 7) is 3.55. The highest BCUT2D eigenvalue weighted by atomic mass is 35.5. The lowest BCUT2D eigenvalue weighted by atomic mass is 10.2. The quantitative estimate of drug-likeness (QED) is 0.131. The number of amides is 3. The zero-order chi connectivity index (χ0) is 27.5. The molecule has 0 saturated carbocycles. The molecular formula is C26H21Cl3N4O5. The van der Waals surface area contributed by atoms with Gasteiger partial charge in [-0.05, 0) is 54.6 Å². The Morgan fingerprint density at radius 1 is 0.921 bits per heavy atom. The first-order chi connectivity index (χ1) is 18.3. The van der Waals surface area contributed by atoms with Crippen LogP contribution >= 0.6 is 34.8 Å². The summed E-state index contributed by atoms with van der Waals surface area (Å²) >= 11 is 18.1. The fourth-order valence-corrected chi connectivity index (χ4v) is 3.40. The van der Waals surface area contributed by atoms with E-state index in [9.17, 15) is 14.4 Å². The van der Waals surface area contributed by atoms with E-state index >= 15 is 0 Å². The van der Waals surface area contributed by atoms with Crippen molar-refractivity contribution in [2.75, 3.05) is 23.8 Å². The third-order valence-corrected chi connectivity index (χ3v) is 5.67. The van der Waals surface area contributed by atoms with Gasteiger partial charge in [-0.1, -0.05) is 53.5 Å². The van der Waals surface area contributed by atoms with E-state index in [4.69, 9.17) is 44.3 Å². The van der Waals surface area contributed by atoms with Crippen molar-refractivity contribution >= 4 is 70.1 Å². The van der Waals surface area contributed by atoms with Gasteiger partial charge in [-0.2, -0.15) is 5.10 Å². The first-order valence-corrected chi connectivity index (χ1v) is 12.0. The van der Waals surface area contributed by atoms with Gasteiger partial charge in [0, 0.05) is 16.3 Å². The lowest BCUT2D eigenvalue weighted by Crippen LogP contribution is -2.32. The second-order valence-electron chi connectivity index (χ2n) is 7.40. The highest BCUT2D eigenvalue weighted by Crippen LogP contribution is 2.29. The van der Waals surface area contributed by atoms with Gasteiger partial charge in [0.05, 0.1) is 21.9 Å². The Morgan fingerprint density at radius 2 is 1.68 bits per heavy atom. The first-order valence-electron chi connectivity index (χ1n) is 10.9. The van der Waals surface area contributed by atoms with Crippen LogP contribution in [0.15, 0.2) is 78.4 Å². The Labute approximate surface area is 233 Å². The molecule has 0 radical (unpaired) electrons. The van der Waals surface area contributed by atoms with E-state index in [2.05, 4.69) is 27.7 Å². The number of ether oxygens (including phenoxy) is 2. The molecule has 0 aromatic heterocycles. The van der Waals surface area contributed by atoms with E-state index in [-0.39, 0.29) is 17.4 Å². The standard InChI is InChI=1S/C26H21Cl3N4O5/c1-2-12-37-19-9-7-18(8-10-19)31-25(35)26(36)33-30-14-16-13-17(27)6-11-22(16)38-15-23(34)32-21-5-3-4-20(28)24(21)29/h2-11,13-14H,1,12,15H2,(H,31,35)(H,32,34)(H,33,36)/b30-14-. The summed E-state index contributed by atoms with van der Waals surface area (Å²) in [4.78, 5) is 36.6. The van der Waals surface area contributed by atoms with E-state index in [1.165, 1.54) is 18.3 Å². The second-order valence-corrected chi connectivity index (χ2v) is 8.62. The molecular weight excluding hydrogens is 555 g/mol. The van der Waals surface area contributed by atoms with Crippen LogP contribution in [0.5, 0.6) is 11.5 Å². The predicted octanol–water partition coefficient (Wildman–Crippen LogP) is 5.32. The van der Waals surface area contributed by atoms with Crippen molar-refractivity contribution < 1.29 is 23.9 Å². The third kappa shape index (κ3) is 8.52. The van der Waals surface area contributed by atoms with Crippen LogP contribution in [0.1, 0.15) is 5.56 Å². The fraction of sp³-hybridized carbons (Fsp3) is 0.0769. The summed E-state index contributed by atoms with van der Waals surface area (Å²) in [6.07, 6.45) is 2.83. The van der Waals surface area contributed by atoms with Gasteiger partial charge in [0.1, 0.15) is 18.1 Å². The second kappa shape index (κ2) is 14.0. The molecule has 3 amide bonds. The fourth-order valence-electron chi connectivity index (χ4n) is 2.87. The van der Waals surface area contributed by atoms with Crippen LogP contribution in [0.4, 0.5) is 11.4 Å². The molecule has 3 aromatic carbocycles. The van der Waals surface area contributed by atoms with E-state index < -0.39 is 17.7 Å². The number of hydrazone groups is 1. The number of hydrogen-bond acceptors (Lipinski definition) is 6. The molecule has 3 N–H and O–H groups in total. The average molecular weight is 576 g/mol. The smallest absolute Gasteiger partial charge is 0.329 e. The van der Waals surface area contributed by atoms with E-state index in [0.29, 0.717) is 39.3 Å². The number of hydrogen-bond donors (Lipinski definition) is 3. The topological polar surface area (TPSA) is 118 Å². The molecule has 12 heteroatoms. The molecule has 0 fully saturated rings. The number of benzene rings is 3. The number of carbonyl (C=O) groups is 3. The third-order valence-electron chi connectivity index (χ3n) is 4.61. The first kappa shape index (κ1) is 28.5. The van der Waals surface area contributed by atoms with Crippen LogP contribution < -0.4 is 25.5 Å². The highest BCUT2D eigenvalue weighted by Gasteiger charge is 2.14. The predicted molar refractivity (Wildman–Crippen MR) is 149 cm³/mol. The molecule has 3 aromatic rings. The average Bonchev–Trinajstić information content (AvgIpc) is 2.90. The molecule has 196 valence electrons. The molecule has 0 aliphatic heterocycles. The summed E-state index contributed by atoms with van der Waals surface area (Å²) in [5.74, 6) is -1.58. The zero-order valence-corrected chi connectivity index (χ0v) is 21.9. The Morgan fingerprint density at radius 3 is 2.42 bits per heavy atom. The summed E-state index contributed by atoms with van der Waals surface area (Å²) < 4.78 is 10.9. The van der Waals surface area contributed by atoms with E-state index in [0.717, 1.165) is 0 Å². The van der Waals surface area contributed by atoms with Crippen molar-refractivity contribution in [3.8, 4) is 11.5 Å². The molecule has 0 unspecified atom stereocenters. The number of anilines is 2. The van der Waals surface area contributed by atoms with Gasteiger partial charge in [0.15, 0.2) is 6.61 Å². The molecule has 0 atom stereocenters. The van der Waals surface area contributed by atoms with Crippen LogP contribution in [-0.2, 0) is 14.4 Å². The summed E-state index contributed by atoms with van der Waals surface area (Å²) in [7, 11) is 0. The Kier molecular flexibility index (Phi) is 10.5. The molecule has 0 spiro atoms. The molecule has 3 rings (SSSR count). The molecule has 0 heterocycles. The molecule has 0 bridgehead atoms. The largest absolute Gasteiger partial charge is 0.490 e. The SMILES string of the molecule is C=CCOc1ccc(NC(=O)C(=O)N/N=C\c2cc(Cl)ccc2OCC(=O)Nc2cccc(Cl)c2Cl)cc1. The van der Waals surface area contributed by atoms with Crippen LogP contribution in [0, 0.1) is 0 Å². The van der Waals surface area contributed by atoms with Crippen molar-refractivity contribution in [1.82, 2.24) is 5.43 Å². The lowest BCUT2D eigenvalue weighted by Gasteiger charge is -2.11. The Balaban J connectivity index is 1.55. The monoisotopic (exact) mass is 574 g/mol.